The lowest BCUT2D eigenvalue weighted by Crippen LogP contribution is -2.24. The molecule has 6 nitrogen and oxygen atoms in total. The molecule has 0 aliphatic carbocycles. The van der Waals surface area contributed by atoms with Crippen LogP contribution in [0.2, 0.25) is 0 Å². The Hall–Kier alpha value is -2.39. The van der Waals surface area contributed by atoms with Crippen LogP contribution in [0, 0.1) is 0 Å². The van der Waals surface area contributed by atoms with E-state index in [1.54, 1.807) is 6.20 Å². The zero-order valence-electron chi connectivity index (χ0n) is 13.1. The van der Waals surface area contributed by atoms with Crippen LogP contribution in [-0.4, -0.2) is 43.7 Å². The van der Waals surface area contributed by atoms with E-state index < -0.39 is 24.9 Å². The van der Waals surface area contributed by atoms with Gasteiger partial charge in [0.05, 0.1) is 12.1 Å². The maximum absolute atomic E-state index is 12.9. The number of nitrogens with zero attached hydrogens (tertiary/aromatic N) is 3. The highest BCUT2D eigenvalue weighted by Gasteiger charge is 2.34. The molecule has 0 bridgehead atoms. The molecule has 1 aliphatic heterocycles. The van der Waals surface area contributed by atoms with Gasteiger partial charge in [-0.25, -0.2) is 9.67 Å². The number of fused-ring (bicyclic) bond motifs is 1. The van der Waals surface area contributed by atoms with Crippen molar-refractivity contribution in [3.63, 3.8) is 0 Å². The van der Waals surface area contributed by atoms with Gasteiger partial charge in [0.1, 0.15) is 12.4 Å². The highest BCUT2D eigenvalue weighted by molar-refractivity contribution is 5.93. The predicted octanol–water partition coefficient (Wildman–Crippen LogP) is 2.38. The van der Waals surface area contributed by atoms with Gasteiger partial charge >= 0.3 is 6.18 Å². The van der Waals surface area contributed by atoms with Crippen molar-refractivity contribution in [3.8, 4) is 11.4 Å². The molecule has 0 amide bonds. The van der Waals surface area contributed by atoms with Crippen molar-refractivity contribution in [1.82, 2.24) is 25.1 Å². The molecule has 3 heterocycles. The van der Waals surface area contributed by atoms with Crippen molar-refractivity contribution in [3.05, 3.63) is 36.3 Å². The van der Waals surface area contributed by atoms with E-state index in [4.69, 9.17) is 0 Å². The number of hydrogen-bond donors (Lipinski definition) is 3. The Morgan fingerprint density at radius 3 is 2.80 bits per heavy atom. The van der Waals surface area contributed by atoms with Crippen molar-refractivity contribution in [2.45, 2.75) is 31.3 Å². The molecule has 0 saturated carbocycles. The Morgan fingerprint density at radius 1 is 1.28 bits per heavy atom. The largest absolute Gasteiger partial charge is 0.408 e. The number of aromatic amines is 1. The molecule has 25 heavy (non-hydrogen) atoms. The first-order valence-corrected chi connectivity index (χ1v) is 7.90. The number of H-pyrrole nitrogens is 1. The van der Waals surface area contributed by atoms with Gasteiger partial charge in [-0.1, -0.05) is 18.2 Å². The van der Waals surface area contributed by atoms with Crippen LogP contribution in [0.15, 0.2) is 30.5 Å². The quantitative estimate of drug-likeness (QED) is 0.677. The van der Waals surface area contributed by atoms with Crippen molar-refractivity contribution in [1.29, 1.82) is 0 Å². The maximum Gasteiger partial charge on any atom is 0.408 e. The van der Waals surface area contributed by atoms with Crippen LogP contribution >= 0.6 is 0 Å². The number of halogens is 3. The Labute approximate surface area is 140 Å². The number of nitrogens with one attached hydrogen (secondary N) is 2. The molecule has 3 N–H and O–H groups in total. The second-order valence-electron chi connectivity index (χ2n) is 6.16. The fourth-order valence-electron chi connectivity index (χ4n) is 3.18. The average Bonchev–Trinajstić information content (AvgIpc) is 3.23. The minimum absolute atomic E-state index is 0.189. The monoisotopic (exact) mass is 351 g/mol. The highest BCUT2D eigenvalue weighted by atomic mass is 19.4. The minimum Gasteiger partial charge on any atom is -0.392 e. The Morgan fingerprint density at radius 2 is 2.08 bits per heavy atom. The number of aliphatic hydroxyl groups is 1. The van der Waals surface area contributed by atoms with Crippen LogP contribution in [0.1, 0.15) is 18.3 Å². The number of para-hydroxylation sites is 1. The molecular formula is C16H16F3N5O. The summed E-state index contributed by atoms with van der Waals surface area (Å²) >= 11 is 0. The van der Waals surface area contributed by atoms with Gasteiger partial charge in [0.2, 0.25) is 0 Å². The molecule has 1 aromatic carbocycles. The smallest absolute Gasteiger partial charge is 0.392 e. The number of benzene rings is 1. The van der Waals surface area contributed by atoms with E-state index in [2.05, 4.69) is 20.4 Å². The fraction of sp³-hybridized carbons (Fsp3) is 0.375. The van der Waals surface area contributed by atoms with Gasteiger partial charge in [-0.05, 0) is 12.5 Å². The van der Waals surface area contributed by atoms with Crippen LogP contribution in [0.4, 0.5) is 13.2 Å². The van der Waals surface area contributed by atoms with E-state index >= 15 is 0 Å². The first kappa shape index (κ1) is 16.1. The van der Waals surface area contributed by atoms with E-state index in [0.29, 0.717) is 18.5 Å². The van der Waals surface area contributed by atoms with E-state index in [0.717, 1.165) is 15.6 Å². The van der Waals surface area contributed by atoms with Gasteiger partial charge in [0.15, 0.2) is 5.82 Å². The number of aromatic nitrogens is 4. The zero-order chi connectivity index (χ0) is 17.6. The normalized spacial score (nSPS) is 21.3. The number of aliphatic hydroxyl groups excluding tert-OH is 1. The molecule has 0 unspecified atom stereocenters. The Balaban J connectivity index is 1.78. The molecule has 132 valence electrons. The maximum atomic E-state index is 12.9. The van der Waals surface area contributed by atoms with Crippen LogP contribution in [-0.2, 0) is 6.54 Å². The predicted molar refractivity (Wildman–Crippen MR) is 84.7 cm³/mol. The third-order valence-corrected chi connectivity index (χ3v) is 4.28. The summed E-state index contributed by atoms with van der Waals surface area (Å²) in [5.41, 5.74) is 1.51. The first-order chi connectivity index (χ1) is 11.9. The first-order valence-electron chi connectivity index (χ1n) is 7.90. The topological polar surface area (TPSA) is 78.8 Å². The summed E-state index contributed by atoms with van der Waals surface area (Å²) in [4.78, 5) is 7.43. The lowest BCUT2D eigenvalue weighted by molar-refractivity contribution is -0.143. The fourth-order valence-corrected chi connectivity index (χ4v) is 3.18. The van der Waals surface area contributed by atoms with Crippen LogP contribution in [0.5, 0.6) is 0 Å². The van der Waals surface area contributed by atoms with Gasteiger partial charge in [-0.2, -0.15) is 18.3 Å². The molecule has 4 rings (SSSR count). The second-order valence-corrected chi connectivity index (χ2v) is 6.16. The third kappa shape index (κ3) is 3.12. The van der Waals surface area contributed by atoms with Gasteiger partial charge in [0, 0.05) is 29.2 Å². The van der Waals surface area contributed by atoms with E-state index in [9.17, 15) is 18.3 Å². The molecule has 1 fully saturated rings. The van der Waals surface area contributed by atoms with E-state index in [-0.39, 0.29) is 11.6 Å². The lowest BCUT2D eigenvalue weighted by Gasteiger charge is -2.12. The molecule has 0 radical (unpaired) electrons. The summed E-state index contributed by atoms with van der Waals surface area (Å²) in [5, 5.41) is 17.6. The highest BCUT2D eigenvalue weighted by Crippen LogP contribution is 2.30. The van der Waals surface area contributed by atoms with Crippen LogP contribution in [0.25, 0.3) is 22.3 Å². The molecule has 9 heteroatoms. The van der Waals surface area contributed by atoms with Gasteiger partial charge in [-0.15, -0.1) is 0 Å². The summed E-state index contributed by atoms with van der Waals surface area (Å²) in [6, 6.07) is 7.00. The van der Waals surface area contributed by atoms with Gasteiger partial charge in [-0.3, -0.25) is 0 Å². The van der Waals surface area contributed by atoms with Crippen molar-refractivity contribution in [2.75, 3.05) is 6.54 Å². The summed E-state index contributed by atoms with van der Waals surface area (Å²) in [5.74, 6) is 0.425. The summed E-state index contributed by atoms with van der Waals surface area (Å²) in [6.45, 7) is -0.891. The van der Waals surface area contributed by atoms with Gasteiger partial charge in [0.25, 0.3) is 0 Å². The molecule has 0 spiro atoms. The zero-order valence-corrected chi connectivity index (χ0v) is 13.1. The van der Waals surface area contributed by atoms with Crippen molar-refractivity contribution in [2.24, 2.45) is 0 Å². The summed E-state index contributed by atoms with van der Waals surface area (Å²) < 4.78 is 39.7. The molecule has 2 aromatic heterocycles. The molecule has 1 saturated heterocycles. The number of alkyl halides is 3. The van der Waals surface area contributed by atoms with E-state index in [1.807, 2.05) is 24.3 Å². The standard InChI is InChI=1S/C16H16F3N5O/c17-16(18,19)8-24-15(13-5-9(25)6-20-13)22-14(23-24)11-7-21-12-4-2-1-3-10(11)12/h1-4,7,9,13,20-21,25H,5-6,8H2/t9-,13+/m1/s1. The molecule has 1 aliphatic rings. The third-order valence-electron chi connectivity index (χ3n) is 4.28. The molecule has 2 atom stereocenters. The van der Waals surface area contributed by atoms with Crippen LogP contribution in [0.3, 0.4) is 0 Å². The number of β-amino-alcohol motifs (C(OH)–C–C–N with tert-alkyl or cyclic N) is 1. The SMILES string of the molecule is O[C@H]1CN[C@H](c2nc(-c3c[nH]c4ccccc34)nn2CC(F)(F)F)C1. The Bertz CT molecular complexity index is 901. The number of rotatable bonds is 3. The van der Waals surface area contributed by atoms with Crippen LogP contribution < -0.4 is 5.32 Å². The van der Waals surface area contributed by atoms with E-state index in [1.165, 1.54) is 0 Å². The van der Waals surface area contributed by atoms with Crippen molar-refractivity contribution < 1.29 is 18.3 Å². The second kappa shape index (κ2) is 5.85. The Kier molecular flexibility index (Phi) is 3.77. The summed E-state index contributed by atoms with van der Waals surface area (Å²) in [7, 11) is 0. The lowest BCUT2D eigenvalue weighted by atomic mass is 10.1. The van der Waals surface area contributed by atoms with Gasteiger partial charge < -0.3 is 15.4 Å². The van der Waals surface area contributed by atoms with Crippen molar-refractivity contribution >= 4 is 10.9 Å². The number of hydrogen-bond acceptors (Lipinski definition) is 4. The average molecular weight is 351 g/mol. The minimum atomic E-state index is -4.41. The summed E-state index contributed by atoms with van der Waals surface area (Å²) in [6.07, 6.45) is -3.00. The molecule has 3 aromatic rings. The molecular weight excluding hydrogens is 335 g/mol.